The van der Waals surface area contributed by atoms with Crippen LogP contribution in [0.15, 0.2) is 49.1 Å². The molecule has 0 N–H and O–H groups in total. The molecular weight excluding hydrogens is 480 g/mol. The maximum atomic E-state index is 9.19. The molecule has 28 heavy (non-hydrogen) atoms. The van der Waals surface area contributed by atoms with Crippen LogP contribution in [0.4, 0.5) is 0 Å². The van der Waals surface area contributed by atoms with Crippen molar-refractivity contribution in [1.82, 2.24) is 9.97 Å². The Labute approximate surface area is 185 Å². The molecule has 148 valence electrons. The van der Waals surface area contributed by atoms with Gasteiger partial charge in [0.2, 0.25) is 0 Å². The summed E-state index contributed by atoms with van der Waals surface area (Å²) in [6, 6.07) is 12.1. The summed E-state index contributed by atoms with van der Waals surface area (Å²) in [5, 5.41) is 19.7. The number of pyridine rings is 2. The van der Waals surface area contributed by atoms with Crippen LogP contribution in [0.3, 0.4) is 0 Å². The Hall–Kier alpha value is -1.76. The van der Waals surface area contributed by atoms with Gasteiger partial charge in [-0.15, -0.1) is 0 Å². The van der Waals surface area contributed by atoms with Gasteiger partial charge >= 0.3 is 0 Å². The smallest absolute Gasteiger partial charge is 0.0837 e. The molecule has 2 heterocycles. The molecule has 0 atom stereocenters. The van der Waals surface area contributed by atoms with Gasteiger partial charge in [0, 0.05) is 35.4 Å². The first-order valence-corrected chi connectivity index (χ1v) is 11.7. The molecule has 2 aromatic rings. The van der Waals surface area contributed by atoms with Crippen LogP contribution in [-0.4, -0.2) is 20.6 Å². The third-order valence-electron chi connectivity index (χ3n) is 4.41. The number of aromatic nitrogens is 2. The van der Waals surface area contributed by atoms with E-state index >= 15 is 0 Å². The highest BCUT2D eigenvalue weighted by Gasteiger charge is 2.35. The topological polar surface area (TPSA) is 73.4 Å². The summed E-state index contributed by atoms with van der Waals surface area (Å²) < 4.78 is 0. The second-order valence-corrected chi connectivity index (χ2v) is 8.01. The van der Waals surface area contributed by atoms with Gasteiger partial charge in [-0.1, -0.05) is 56.8 Å². The van der Waals surface area contributed by atoms with Crippen molar-refractivity contribution in [1.29, 1.82) is 10.5 Å². The zero-order valence-electron chi connectivity index (χ0n) is 16.0. The third kappa shape index (κ3) is 8.95. The van der Waals surface area contributed by atoms with E-state index in [-0.39, 0.29) is 5.41 Å². The maximum absolute atomic E-state index is 9.19. The van der Waals surface area contributed by atoms with Gasteiger partial charge in [-0.25, -0.2) is 0 Å². The van der Waals surface area contributed by atoms with Gasteiger partial charge < -0.3 is 0 Å². The van der Waals surface area contributed by atoms with Crippen LogP contribution >= 0.6 is 31.9 Å². The Balaban J connectivity index is 0.000000229. The van der Waals surface area contributed by atoms with E-state index in [0.717, 1.165) is 34.6 Å². The highest BCUT2D eigenvalue weighted by Crippen LogP contribution is 2.39. The summed E-state index contributed by atoms with van der Waals surface area (Å²) >= 11 is 6.66. The molecule has 0 amide bonds. The first-order chi connectivity index (χ1) is 13.7. The number of unbranched alkanes of at least 4 members (excludes halogenated alkanes) is 1. The highest BCUT2D eigenvalue weighted by atomic mass is 79.9. The van der Waals surface area contributed by atoms with Crippen molar-refractivity contribution >= 4 is 31.9 Å². The van der Waals surface area contributed by atoms with Gasteiger partial charge in [0.15, 0.2) is 0 Å². The van der Waals surface area contributed by atoms with Gasteiger partial charge in [-0.3, -0.25) is 9.97 Å². The van der Waals surface area contributed by atoms with Crippen LogP contribution in [0.5, 0.6) is 0 Å². The van der Waals surface area contributed by atoms with E-state index in [1.807, 2.05) is 36.5 Å². The summed E-state index contributed by atoms with van der Waals surface area (Å²) in [6.45, 7) is 0. The van der Waals surface area contributed by atoms with Gasteiger partial charge in [0.25, 0.3) is 0 Å². The predicted molar refractivity (Wildman–Crippen MR) is 120 cm³/mol. The molecule has 4 nitrogen and oxygen atoms in total. The lowest BCUT2D eigenvalue weighted by molar-refractivity contribution is 0.570. The monoisotopic (exact) mass is 504 g/mol. The number of hydrogen-bond donors (Lipinski definition) is 0. The van der Waals surface area contributed by atoms with Crippen LogP contribution < -0.4 is 0 Å². The first kappa shape index (κ1) is 24.3. The van der Waals surface area contributed by atoms with Crippen LogP contribution in [0.2, 0.25) is 0 Å². The average Bonchev–Trinajstić information content (AvgIpc) is 3.25. The fourth-order valence-electron chi connectivity index (χ4n) is 2.87. The van der Waals surface area contributed by atoms with Crippen LogP contribution in [0, 0.1) is 22.7 Å². The highest BCUT2D eigenvalue weighted by molar-refractivity contribution is 9.09. The van der Waals surface area contributed by atoms with E-state index in [2.05, 4.69) is 47.9 Å². The Kier molecular flexibility index (Phi) is 13.2. The first-order valence-electron chi connectivity index (χ1n) is 9.42. The van der Waals surface area contributed by atoms with E-state index in [1.54, 1.807) is 18.6 Å². The van der Waals surface area contributed by atoms with Crippen LogP contribution in [0.1, 0.15) is 49.7 Å². The summed E-state index contributed by atoms with van der Waals surface area (Å²) in [6.07, 6.45) is 14.3. The lowest BCUT2D eigenvalue weighted by Crippen LogP contribution is -2.19. The predicted octanol–water partition coefficient (Wildman–Crippen LogP) is 6.12. The van der Waals surface area contributed by atoms with Crippen molar-refractivity contribution in [2.75, 3.05) is 10.7 Å². The van der Waals surface area contributed by atoms with Crippen molar-refractivity contribution in [3.63, 3.8) is 0 Å². The largest absolute Gasteiger partial charge is 0.264 e. The number of rotatable bonds is 5. The molecule has 0 saturated heterocycles. The van der Waals surface area contributed by atoms with Gasteiger partial charge in [0.1, 0.15) is 0 Å². The van der Waals surface area contributed by atoms with Crippen molar-refractivity contribution in [3.05, 3.63) is 60.2 Å². The summed E-state index contributed by atoms with van der Waals surface area (Å²) in [5.74, 6) is 0. The molecule has 0 spiro atoms. The molecule has 0 bridgehead atoms. The number of alkyl halides is 2. The quantitative estimate of drug-likeness (QED) is 0.362. The molecule has 1 saturated carbocycles. The second kappa shape index (κ2) is 15.2. The lowest BCUT2D eigenvalue weighted by Gasteiger charge is -2.19. The molecule has 0 unspecified atom stereocenters. The van der Waals surface area contributed by atoms with E-state index in [1.165, 1.54) is 25.7 Å². The van der Waals surface area contributed by atoms with Gasteiger partial charge in [0.05, 0.1) is 24.0 Å². The van der Waals surface area contributed by atoms with E-state index in [4.69, 9.17) is 5.26 Å². The van der Waals surface area contributed by atoms with Crippen molar-refractivity contribution < 1.29 is 0 Å². The second-order valence-electron chi connectivity index (χ2n) is 6.42. The molecule has 0 radical (unpaired) electrons. The minimum absolute atomic E-state index is 0.228. The van der Waals surface area contributed by atoms with Crippen molar-refractivity contribution in [3.8, 4) is 12.1 Å². The molecule has 2 aromatic heterocycles. The molecule has 1 fully saturated rings. The lowest BCUT2D eigenvalue weighted by atomic mass is 9.81. The molecule has 0 aromatic carbocycles. The molecular formula is C22H26Br2N4. The zero-order valence-corrected chi connectivity index (χ0v) is 19.2. The normalized spacial score (nSPS) is 13.7. The summed E-state index contributed by atoms with van der Waals surface area (Å²) in [4.78, 5) is 7.92. The number of hydrogen-bond acceptors (Lipinski definition) is 4. The number of nitrogens with zero attached hydrogens (tertiary/aromatic N) is 4. The minimum Gasteiger partial charge on any atom is -0.264 e. The van der Waals surface area contributed by atoms with Gasteiger partial charge in [-0.2, -0.15) is 10.5 Å². The molecule has 3 rings (SSSR count). The Morgan fingerprint density at radius 1 is 0.929 bits per heavy atom. The van der Waals surface area contributed by atoms with Crippen molar-refractivity contribution in [2.45, 2.75) is 50.4 Å². The molecule has 1 aliphatic carbocycles. The Morgan fingerprint density at radius 2 is 1.54 bits per heavy atom. The van der Waals surface area contributed by atoms with E-state index in [0.29, 0.717) is 6.42 Å². The fourth-order valence-corrected chi connectivity index (χ4v) is 3.67. The van der Waals surface area contributed by atoms with E-state index < -0.39 is 0 Å². The van der Waals surface area contributed by atoms with Crippen molar-refractivity contribution in [2.24, 2.45) is 0 Å². The minimum atomic E-state index is -0.228. The average molecular weight is 506 g/mol. The van der Waals surface area contributed by atoms with Crippen LogP contribution in [-0.2, 0) is 11.8 Å². The standard InChI is InChI=1S/C11H12N2.C7H6N2.C4H8Br2/c12-9-11(5-1-2-6-11)10-4-3-7-13-8-10;8-4-3-7-2-1-5-9-6-7;5-3-1-2-4-6/h3-4,7-8H,1-2,5-6H2;1-2,5-6H,3H2;1-4H2. The third-order valence-corrected chi connectivity index (χ3v) is 5.53. The van der Waals surface area contributed by atoms with E-state index in [9.17, 15) is 5.26 Å². The fraction of sp³-hybridized carbons (Fsp3) is 0.455. The molecule has 6 heteroatoms. The molecule has 0 aliphatic heterocycles. The Bertz CT molecular complexity index is 714. The number of halogens is 2. The maximum Gasteiger partial charge on any atom is 0.0837 e. The summed E-state index contributed by atoms with van der Waals surface area (Å²) in [5.41, 5.74) is 1.84. The zero-order chi connectivity index (χ0) is 20.5. The number of nitriles is 2. The molecule has 1 aliphatic rings. The van der Waals surface area contributed by atoms with Crippen LogP contribution in [0.25, 0.3) is 0 Å². The van der Waals surface area contributed by atoms with Gasteiger partial charge in [-0.05, 0) is 48.9 Å². The SMILES string of the molecule is BrCCCCBr.N#CC1(c2cccnc2)CCCC1.N#CCc1cccnc1. The Morgan fingerprint density at radius 3 is 1.96 bits per heavy atom. The summed E-state index contributed by atoms with van der Waals surface area (Å²) in [7, 11) is 0.